The second-order valence-corrected chi connectivity index (χ2v) is 10.0. The number of aromatic nitrogens is 2. The molecular weight excluding hydrogens is 430 g/mol. The molecule has 2 amide bonds. The lowest BCUT2D eigenvalue weighted by Gasteiger charge is -2.34. The predicted octanol–water partition coefficient (Wildman–Crippen LogP) is 0.469. The van der Waals surface area contributed by atoms with Gasteiger partial charge in [-0.2, -0.15) is 4.31 Å². The second-order valence-electron chi connectivity index (χ2n) is 7.92. The molecule has 3 rings (SSSR count). The SMILES string of the molecule is Cc1ccc(CC(=O)NCCS(=O)(=O)N2CCN(C(=O)Cc3ccc(C)nc3)CC2)cn1. The number of sulfonamides is 1. The lowest BCUT2D eigenvalue weighted by Crippen LogP contribution is -2.52. The number of rotatable bonds is 8. The van der Waals surface area contributed by atoms with Crippen molar-refractivity contribution in [3.63, 3.8) is 0 Å². The number of hydrogen-bond donors (Lipinski definition) is 1. The van der Waals surface area contributed by atoms with Crippen LogP contribution in [0.1, 0.15) is 22.5 Å². The van der Waals surface area contributed by atoms with Crippen LogP contribution in [-0.2, 0) is 32.5 Å². The standard InChI is InChI=1S/C22H29N5O4S/c1-17-3-5-19(15-24-17)13-21(28)23-7-12-32(30,31)27-10-8-26(9-11-27)22(29)14-20-6-4-18(2)25-16-20/h3-6,15-16H,7-14H2,1-2H3,(H,23,28). The van der Waals surface area contributed by atoms with Crippen LogP contribution >= 0.6 is 0 Å². The predicted molar refractivity (Wildman–Crippen MR) is 120 cm³/mol. The Morgan fingerprint density at radius 2 is 1.47 bits per heavy atom. The van der Waals surface area contributed by atoms with Gasteiger partial charge in [0.05, 0.1) is 18.6 Å². The van der Waals surface area contributed by atoms with E-state index in [1.807, 2.05) is 38.1 Å². The van der Waals surface area contributed by atoms with Gasteiger partial charge in [0.15, 0.2) is 0 Å². The van der Waals surface area contributed by atoms with Crippen LogP contribution < -0.4 is 5.32 Å². The van der Waals surface area contributed by atoms with E-state index in [-0.39, 0.29) is 50.0 Å². The number of carbonyl (C=O) groups is 2. The molecule has 0 radical (unpaired) electrons. The molecule has 0 aromatic carbocycles. The van der Waals surface area contributed by atoms with Crippen molar-refractivity contribution in [2.75, 3.05) is 38.5 Å². The zero-order chi connectivity index (χ0) is 23.1. The van der Waals surface area contributed by atoms with E-state index in [9.17, 15) is 18.0 Å². The van der Waals surface area contributed by atoms with Crippen molar-refractivity contribution < 1.29 is 18.0 Å². The Kier molecular flexibility index (Phi) is 7.92. The first-order chi connectivity index (χ1) is 15.2. The Morgan fingerprint density at radius 1 is 0.906 bits per heavy atom. The van der Waals surface area contributed by atoms with Crippen molar-refractivity contribution in [2.24, 2.45) is 0 Å². The highest BCUT2D eigenvalue weighted by atomic mass is 32.2. The lowest BCUT2D eigenvalue weighted by atomic mass is 10.1. The molecule has 2 aromatic heterocycles. The average Bonchev–Trinajstić information content (AvgIpc) is 2.77. The summed E-state index contributed by atoms with van der Waals surface area (Å²) in [5.74, 6) is -0.453. The Labute approximate surface area is 188 Å². The van der Waals surface area contributed by atoms with E-state index in [0.717, 1.165) is 22.5 Å². The molecule has 32 heavy (non-hydrogen) atoms. The highest BCUT2D eigenvalue weighted by Gasteiger charge is 2.28. The molecule has 3 heterocycles. The van der Waals surface area contributed by atoms with Gasteiger partial charge in [-0.05, 0) is 37.1 Å². The van der Waals surface area contributed by atoms with E-state index in [2.05, 4.69) is 15.3 Å². The number of nitrogens with zero attached hydrogens (tertiary/aromatic N) is 4. The fraction of sp³-hybridized carbons (Fsp3) is 0.455. The van der Waals surface area contributed by atoms with E-state index in [0.29, 0.717) is 13.1 Å². The Balaban J connectivity index is 1.40. The summed E-state index contributed by atoms with van der Waals surface area (Å²) < 4.78 is 26.6. The third-order valence-electron chi connectivity index (χ3n) is 5.33. The van der Waals surface area contributed by atoms with Crippen LogP contribution in [0.4, 0.5) is 0 Å². The van der Waals surface area contributed by atoms with Crippen molar-refractivity contribution in [1.82, 2.24) is 24.5 Å². The molecule has 1 N–H and O–H groups in total. The maximum absolute atomic E-state index is 12.6. The molecule has 1 aliphatic heterocycles. The van der Waals surface area contributed by atoms with E-state index in [1.165, 1.54) is 4.31 Å². The number of pyridine rings is 2. The Morgan fingerprint density at radius 3 is 2.00 bits per heavy atom. The largest absolute Gasteiger partial charge is 0.355 e. The van der Waals surface area contributed by atoms with Gasteiger partial charge in [-0.25, -0.2) is 8.42 Å². The molecule has 0 atom stereocenters. The van der Waals surface area contributed by atoms with Crippen LogP contribution in [0.5, 0.6) is 0 Å². The summed E-state index contributed by atoms with van der Waals surface area (Å²) in [5.41, 5.74) is 3.38. The number of amides is 2. The summed E-state index contributed by atoms with van der Waals surface area (Å²) in [6.45, 7) is 5.00. The summed E-state index contributed by atoms with van der Waals surface area (Å²) in [7, 11) is -3.51. The molecule has 1 fully saturated rings. The second kappa shape index (κ2) is 10.6. The lowest BCUT2D eigenvalue weighted by molar-refractivity contribution is -0.131. The van der Waals surface area contributed by atoms with Gasteiger partial charge in [0, 0.05) is 56.5 Å². The molecule has 0 bridgehead atoms. The molecule has 10 heteroatoms. The molecular formula is C22H29N5O4S. The van der Waals surface area contributed by atoms with Crippen LogP contribution in [0, 0.1) is 13.8 Å². The van der Waals surface area contributed by atoms with Crippen molar-refractivity contribution in [1.29, 1.82) is 0 Å². The van der Waals surface area contributed by atoms with Crippen molar-refractivity contribution in [3.8, 4) is 0 Å². The fourth-order valence-electron chi connectivity index (χ4n) is 3.40. The van der Waals surface area contributed by atoms with Gasteiger partial charge in [-0.1, -0.05) is 12.1 Å². The minimum Gasteiger partial charge on any atom is -0.355 e. The van der Waals surface area contributed by atoms with Crippen LogP contribution in [-0.4, -0.2) is 77.9 Å². The minimum absolute atomic E-state index is 0.0365. The first kappa shape index (κ1) is 23.8. The topological polar surface area (TPSA) is 113 Å². The molecule has 1 saturated heterocycles. The van der Waals surface area contributed by atoms with E-state index in [1.54, 1.807) is 17.3 Å². The van der Waals surface area contributed by atoms with Gasteiger partial charge in [0.1, 0.15) is 0 Å². The first-order valence-corrected chi connectivity index (χ1v) is 12.2. The molecule has 0 unspecified atom stereocenters. The van der Waals surface area contributed by atoms with Gasteiger partial charge in [-0.3, -0.25) is 19.6 Å². The monoisotopic (exact) mass is 459 g/mol. The summed E-state index contributed by atoms with van der Waals surface area (Å²) in [4.78, 5) is 34.6. The summed E-state index contributed by atoms with van der Waals surface area (Å²) in [5, 5.41) is 2.66. The van der Waals surface area contributed by atoms with E-state index >= 15 is 0 Å². The van der Waals surface area contributed by atoms with Gasteiger partial charge in [-0.15, -0.1) is 0 Å². The van der Waals surface area contributed by atoms with Crippen LogP contribution in [0.3, 0.4) is 0 Å². The first-order valence-electron chi connectivity index (χ1n) is 10.6. The normalized spacial score (nSPS) is 14.9. The highest BCUT2D eigenvalue weighted by Crippen LogP contribution is 2.10. The van der Waals surface area contributed by atoms with Gasteiger partial charge >= 0.3 is 0 Å². The zero-order valence-corrected chi connectivity index (χ0v) is 19.3. The summed E-state index contributed by atoms with van der Waals surface area (Å²) in [6.07, 6.45) is 3.74. The van der Waals surface area contributed by atoms with Crippen LogP contribution in [0.2, 0.25) is 0 Å². The summed E-state index contributed by atoms with van der Waals surface area (Å²) >= 11 is 0. The Hall–Kier alpha value is -2.85. The average molecular weight is 460 g/mol. The highest BCUT2D eigenvalue weighted by molar-refractivity contribution is 7.89. The van der Waals surface area contributed by atoms with Gasteiger partial charge < -0.3 is 10.2 Å². The number of carbonyl (C=O) groups excluding carboxylic acids is 2. The van der Waals surface area contributed by atoms with E-state index in [4.69, 9.17) is 0 Å². The number of hydrogen-bond acceptors (Lipinski definition) is 6. The maximum Gasteiger partial charge on any atom is 0.227 e. The summed E-state index contributed by atoms with van der Waals surface area (Å²) in [6, 6.07) is 7.40. The smallest absolute Gasteiger partial charge is 0.227 e. The number of aryl methyl sites for hydroxylation is 2. The fourth-order valence-corrected chi connectivity index (χ4v) is 4.74. The van der Waals surface area contributed by atoms with Crippen molar-refractivity contribution >= 4 is 21.8 Å². The molecule has 0 spiro atoms. The van der Waals surface area contributed by atoms with Crippen molar-refractivity contribution in [3.05, 3.63) is 59.2 Å². The number of piperazine rings is 1. The molecule has 0 aliphatic carbocycles. The van der Waals surface area contributed by atoms with Crippen LogP contribution in [0.15, 0.2) is 36.7 Å². The molecule has 9 nitrogen and oxygen atoms in total. The maximum atomic E-state index is 12.6. The third kappa shape index (κ3) is 6.83. The molecule has 1 aliphatic rings. The minimum atomic E-state index is -3.51. The van der Waals surface area contributed by atoms with Gasteiger partial charge in [0.2, 0.25) is 21.8 Å². The van der Waals surface area contributed by atoms with Gasteiger partial charge in [0.25, 0.3) is 0 Å². The quantitative estimate of drug-likeness (QED) is 0.614. The van der Waals surface area contributed by atoms with E-state index < -0.39 is 10.0 Å². The molecule has 0 saturated carbocycles. The molecule has 172 valence electrons. The zero-order valence-electron chi connectivity index (χ0n) is 18.5. The number of nitrogens with one attached hydrogen (secondary N) is 1. The Bertz CT molecular complexity index is 1030. The van der Waals surface area contributed by atoms with Crippen molar-refractivity contribution in [2.45, 2.75) is 26.7 Å². The third-order valence-corrected chi connectivity index (χ3v) is 7.20. The molecule has 2 aromatic rings. The van der Waals surface area contributed by atoms with Crippen LogP contribution in [0.25, 0.3) is 0 Å².